The molecule has 13 heavy (non-hydrogen) atoms. The largest absolute Gasteiger partial charge is 0.0987 e. The minimum atomic E-state index is 0.902. The smallest absolute Gasteiger partial charge is 0.0469 e. The lowest BCUT2D eigenvalue weighted by Crippen LogP contribution is -1.96. The van der Waals surface area contributed by atoms with Gasteiger partial charge in [-0.2, -0.15) is 0 Å². The van der Waals surface area contributed by atoms with Crippen molar-refractivity contribution >= 4 is 11.6 Å². The summed E-state index contributed by atoms with van der Waals surface area (Å²) in [4.78, 5) is 0. The Bertz CT molecular complexity index is 279. The van der Waals surface area contributed by atoms with Crippen LogP contribution in [-0.2, 0) is 0 Å². The summed E-state index contributed by atoms with van der Waals surface area (Å²) in [7, 11) is 0. The van der Waals surface area contributed by atoms with Crippen molar-refractivity contribution < 1.29 is 0 Å². The van der Waals surface area contributed by atoms with Crippen LogP contribution in [0.1, 0.15) is 26.2 Å². The first-order valence-electron chi connectivity index (χ1n) is 4.63. The van der Waals surface area contributed by atoms with Gasteiger partial charge in [-0.15, -0.1) is 0 Å². The van der Waals surface area contributed by atoms with Crippen molar-refractivity contribution in [3.05, 3.63) is 47.1 Å². The van der Waals surface area contributed by atoms with E-state index in [1.807, 2.05) is 25.2 Å². The second-order valence-electron chi connectivity index (χ2n) is 3.11. The molecule has 1 rings (SSSR count). The first-order chi connectivity index (χ1) is 6.29. The Morgan fingerprint density at radius 2 is 2.15 bits per heavy atom. The van der Waals surface area contributed by atoms with E-state index in [1.54, 1.807) is 0 Å². The van der Waals surface area contributed by atoms with Crippen LogP contribution in [-0.4, -0.2) is 0 Å². The summed E-state index contributed by atoms with van der Waals surface area (Å²) in [5.41, 5.74) is 2.42. The Morgan fingerprint density at radius 3 is 2.77 bits per heavy atom. The Labute approximate surface area is 85.3 Å². The van der Waals surface area contributed by atoms with Crippen LogP contribution in [0, 0.1) is 0 Å². The summed E-state index contributed by atoms with van der Waals surface area (Å²) < 4.78 is 0. The number of allylic oxidation sites excluding steroid dienone is 7. The van der Waals surface area contributed by atoms with Crippen LogP contribution in [0.4, 0.5) is 0 Å². The zero-order valence-electron chi connectivity index (χ0n) is 8.02. The molecule has 0 spiro atoms. The van der Waals surface area contributed by atoms with E-state index in [9.17, 15) is 0 Å². The molecule has 0 N–H and O–H groups in total. The summed E-state index contributed by atoms with van der Waals surface area (Å²) in [5, 5.41) is 0.902. The summed E-state index contributed by atoms with van der Waals surface area (Å²) >= 11 is 6.19. The average molecular weight is 195 g/mol. The van der Waals surface area contributed by atoms with Gasteiger partial charge in [-0.1, -0.05) is 42.5 Å². The summed E-state index contributed by atoms with van der Waals surface area (Å²) in [6.45, 7) is 5.77. The second-order valence-corrected chi connectivity index (χ2v) is 3.49. The molecular formula is C12H15Cl. The van der Waals surface area contributed by atoms with Crippen molar-refractivity contribution in [2.75, 3.05) is 0 Å². The monoisotopic (exact) mass is 194 g/mol. The molecule has 0 heterocycles. The van der Waals surface area contributed by atoms with Crippen LogP contribution in [0.25, 0.3) is 0 Å². The van der Waals surface area contributed by atoms with Gasteiger partial charge in [0.25, 0.3) is 0 Å². The van der Waals surface area contributed by atoms with Gasteiger partial charge in [-0.05, 0) is 37.3 Å². The lowest BCUT2D eigenvalue weighted by atomic mass is 9.94. The van der Waals surface area contributed by atoms with E-state index >= 15 is 0 Å². The fourth-order valence-corrected chi connectivity index (χ4v) is 1.78. The third-order valence-corrected chi connectivity index (χ3v) is 2.68. The number of hydrogen-bond donors (Lipinski definition) is 0. The van der Waals surface area contributed by atoms with Crippen LogP contribution in [0.3, 0.4) is 0 Å². The molecular weight excluding hydrogens is 180 g/mol. The molecule has 0 aromatic rings. The lowest BCUT2D eigenvalue weighted by molar-refractivity contribution is 0.792. The van der Waals surface area contributed by atoms with Gasteiger partial charge in [0.2, 0.25) is 0 Å². The maximum atomic E-state index is 6.19. The molecule has 1 heteroatoms. The summed E-state index contributed by atoms with van der Waals surface area (Å²) in [6.07, 6.45) is 11.3. The van der Waals surface area contributed by atoms with Gasteiger partial charge in [0.15, 0.2) is 0 Å². The Kier molecular flexibility index (Phi) is 4.04. The molecule has 0 unspecified atom stereocenters. The second kappa shape index (κ2) is 5.08. The van der Waals surface area contributed by atoms with Crippen LogP contribution < -0.4 is 0 Å². The highest BCUT2D eigenvalue weighted by molar-refractivity contribution is 6.32. The molecule has 0 fully saturated rings. The topological polar surface area (TPSA) is 0 Å². The van der Waals surface area contributed by atoms with Crippen molar-refractivity contribution in [1.29, 1.82) is 0 Å². The number of rotatable bonds is 2. The SMILES string of the molecule is C=CC1=C(Cl)C(=CC=CC)CCC1. The number of halogens is 1. The Morgan fingerprint density at radius 1 is 1.38 bits per heavy atom. The van der Waals surface area contributed by atoms with Gasteiger partial charge in [0, 0.05) is 5.03 Å². The minimum absolute atomic E-state index is 0.902. The highest BCUT2D eigenvalue weighted by atomic mass is 35.5. The molecule has 0 aromatic carbocycles. The van der Waals surface area contributed by atoms with Crippen molar-refractivity contribution in [1.82, 2.24) is 0 Å². The van der Waals surface area contributed by atoms with Crippen molar-refractivity contribution in [2.24, 2.45) is 0 Å². The van der Waals surface area contributed by atoms with Gasteiger partial charge < -0.3 is 0 Å². The van der Waals surface area contributed by atoms with Crippen molar-refractivity contribution in [3.8, 4) is 0 Å². The van der Waals surface area contributed by atoms with Crippen LogP contribution in [0.2, 0.25) is 0 Å². The lowest BCUT2D eigenvalue weighted by Gasteiger charge is -2.15. The van der Waals surface area contributed by atoms with E-state index in [2.05, 4.69) is 12.7 Å². The fraction of sp³-hybridized carbons (Fsp3) is 0.333. The average Bonchev–Trinajstić information content (AvgIpc) is 2.16. The fourth-order valence-electron chi connectivity index (χ4n) is 1.46. The van der Waals surface area contributed by atoms with Gasteiger partial charge in [0.05, 0.1) is 0 Å². The van der Waals surface area contributed by atoms with E-state index in [4.69, 9.17) is 11.6 Å². The van der Waals surface area contributed by atoms with Gasteiger partial charge in [0.1, 0.15) is 0 Å². The molecule has 0 radical (unpaired) electrons. The predicted octanol–water partition coefficient (Wildman–Crippen LogP) is 4.35. The zero-order chi connectivity index (χ0) is 9.68. The van der Waals surface area contributed by atoms with E-state index in [1.165, 1.54) is 17.6 Å². The molecule has 0 atom stereocenters. The van der Waals surface area contributed by atoms with E-state index in [0.717, 1.165) is 17.9 Å². The van der Waals surface area contributed by atoms with Crippen LogP contribution >= 0.6 is 11.6 Å². The van der Waals surface area contributed by atoms with E-state index in [0.29, 0.717) is 0 Å². The van der Waals surface area contributed by atoms with Crippen LogP contribution in [0.15, 0.2) is 47.1 Å². The first kappa shape index (κ1) is 10.3. The maximum Gasteiger partial charge on any atom is 0.0469 e. The van der Waals surface area contributed by atoms with E-state index in [-0.39, 0.29) is 0 Å². The van der Waals surface area contributed by atoms with Gasteiger partial charge in [-0.3, -0.25) is 0 Å². The quantitative estimate of drug-likeness (QED) is 0.613. The molecule has 0 aliphatic heterocycles. The third-order valence-electron chi connectivity index (χ3n) is 2.19. The summed E-state index contributed by atoms with van der Waals surface area (Å²) in [5.74, 6) is 0. The highest BCUT2D eigenvalue weighted by Crippen LogP contribution is 2.32. The molecule has 0 saturated heterocycles. The highest BCUT2D eigenvalue weighted by Gasteiger charge is 2.12. The molecule has 1 aliphatic rings. The molecule has 70 valence electrons. The minimum Gasteiger partial charge on any atom is -0.0987 e. The molecule has 0 nitrogen and oxygen atoms in total. The molecule has 1 aliphatic carbocycles. The van der Waals surface area contributed by atoms with Gasteiger partial charge in [-0.25, -0.2) is 0 Å². The van der Waals surface area contributed by atoms with Gasteiger partial charge >= 0.3 is 0 Å². The normalized spacial score (nSPS) is 21.5. The summed E-state index contributed by atoms with van der Waals surface area (Å²) in [6, 6.07) is 0. The maximum absolute atomic E-state index is 6.19. The molecule has 0 bridgehead atoms. The Hall–Kier alpha value is -0.750. The number of hydrogen-bond acceptors (Lipinski definition) is 0. The standard InChI is InChI=1S/C12H15Cl/c1-3-5-7-11-9-6-8-10(4-2)12(11)13/h3-5,7H,2,6,8-9H2,1H3. The first-order valence-corrected chi connectivity index (χ1v) is 5.00. The molecule has 0 saturated carbocycles. The molecule has 0 aromatic heterocycles. The zero-order valence-corrected chi connectivity index (χ0v) is 8.77. The van der Waals surface area contributed by atoms with Crippen LogP contribution in [0.5, 0.6) is 0 Å². The van der Waals surface area contributed by atoms with Crippen molar-refractivity contribution in [2.45, 2.75) is 26.2 Å². The van der Waals surface area contributed by atoms with E-state index < -0.39 is 0 Å². The molecule has 0 amide bonds. The third kappa shape index (κ3) is 2.60. The van der Waals surface area contributed by atoms with Crippen molar-refractivity contribution in [3.63, 3.8) is 0 Å². The Balaban J connectivity index is 2.93. The predicted molar refractivity (Wildman–Crippen MR) is 59.8 cm³/mol.